The maximum Gasteiger partial charge on any atom is 0.140 e. The Morgan fingerprint density at radius 1 is 1.44 bits per heavy atom. The molecule has 0 radical (unpaired) electrons. The van der Waals surface area contributed by atoms with Crippen LogP contribution in [0.1, 0.15) is 11.1 Å². The van der Waals surface area contributed by atoms with Gasteiger partial charge in [0.2, 0.25) is 0 Å². The number of nitrogens with one attached hydrogen (secondary N) is 1. The molecule has 0 amide bonds. The zero-order chi connectivity index (χ0) is 12.8. The summed E-state index contributed by atoms with van der Waals surface area (Å²) >= 11 is 0. The molecular weight excluding hydrogens is 233 g/mol. The normalized spacial score (nSPS) is 10.2. The first-order valence-electron chi connectivity index (χ1n) is 5.53. The van der Waals surface area contributed by atoms with Crippen LogP contribution in [-0.2, 0) is 13.1 Å². The molecule has 0 atom stereocenters. The van der Waals surface area contributed by atoms with Crippen molar-refractivity contribution in [2.24, 2.45) is 0 Å². The van der Waals surface area contributed by atoms with Gasteiger partial charge in [-0.1, -0.05) is 11.3 Å². The van der Waals surface area contributed by atoms with E-state index in [0.29, 0.717) is 13.1 Å². The molecule has 92 valence electrons. The number of rotatable bonds is 5. The SMILES string of the molecule is N#Cc1cc(CNCCn2ccnn2)ccc1F. The molecule has 1 heterocycles. The van der Waals surface area contributed by atoms with Gasteiger partial charge in [-0.05, 0) is 17.7 Å². The van der Waals surface area contributed by atoms with Crippen LogP contribution in [0.15, 0.2) is 30.6 Å². The van der Waals surface area contributed by atoms with E-state index < -0.39 is 5.82 Å². The number of halogens is 1. The van der Waals surface area contributed by atoms with E-state index in [-0.39, 0.29) is 5.56 Å². The molecule has 2 aromatic rings. The Kier molecular flexibility index (Phi) is 3.99. The topological polar surface area (TPSA) is 66.5 Å². The van der Waals surface area contributed by atoms with Crippen molar-refractivity contribution in [3.63, 3.8) is 0 Å². The molecule has 0 aliphatic rings. The monoisotopic (exact) mass is 245 g/mol. The van der Waals surface area contributed by atoms with Crippen LogP contribution in [0.3, 0.4) is 0 Å². The van der Waals surface area contributed by atoms with E-state index in [1.807, 2.05) is 6.07 Å². The Bertz CT molecular complexity index is 544. The second kappa shape index (κ2) is 5.89. The zero-order valence-corrected chi connectivity index (χ0v) is 9.67. The van der Waals surface area contributed by atoms with Crippen LogP contribution in [-0.4, -0.2) is 21.5 Å². The van der Waals surface area contributed by atoms with Crippen molar-refractivity contribution in [3.8, 4) is 6.07 Å². The smallest absolute Gasteiger partial charge is 0.140 e. The van der Waals surface area contributed by atoms with E-state index in [2.05, 4.69) is 15.6 Å². The molecule has 0 fully saturated rings. The number of nitriles is 1. The van der Waals surface area contributed by atoms with Crippen LogP contribution in [0, 0.1) is 17.1 Å². The molecule has 18 heavy (non-hydrogen) atoms. The summed E-state index contributed by atoms with van der Waals surface area (Å²) in [4.78, 5) is 0. The van der Waals surface area contributed by atoms with Crippen molar-refractivity contribution < 1.29 is 4.39 Å². The summed E-state index contributed by atoms with van der Waals surface area (Å²) in [5, 5.41) is 19.4. The van der Waals surface area contributed by atoms with E-state index in [0.717, 1.165) is 12.1 Å². The third-order valence-corrected chi connectivity index (χ3v) is 2.47. The van der Waals surface area contributed by atoms with Crippen molar-refractivity contribution in [1.82, 2.24) is 20.3 Å². The second-order valence-corrected chi connectivity index (χ2v) is 3.77. The van der Waals surface area contributed by atoms with E-state index in [9.17, 15) is 4.39 Å². The van der Waals surface area contributed by atoms with Crippen LogP contribution >= 0.6 is 0 Å². The molecule has 0 aliphatic heterocycles. The van der Waals surface area contributed by atoms with E-state index in [4.69, 9.17) is 5.26 Å². The Morgan fingerprint density at radius 3 is 3.06 bits per heavy atom. The minimum atomic E-state index is -0.483. The first-order valence-corrected chi connectivity index (χ1v) is 5.53. The summed E-state index contributed by atoms with van der Waals surface area (Å²) in [5.41, 5.74) is 0.956. The van der Waals surface area contributed by atoms with E-state index in [1.54, 1.807) is 29.2 Å². The van der Waals surface area contributed by atoms with Crippen molar-refractivity contribution in [2.75, 3.05) is 6.54 Å². The highest BCUT2D eigenvalue weighted by Gasteiger charge is 2.02. The van der Waals surface area contributed by atoms with Gasteiger partial charge in [-0.15, -0.1) is 5.10 Å². The fraction of sp³-hybridized carbons (Fsp3) is 0.250. The van der Waals surface area contributed by atoms with Crippen LogP contribution < -0.4 is 5.32 Å². The van der Waals surface area contributed by atoms with Gasteiger partial charge in [-0.25, -0.2) is 4.39 Å². The molecular formula is C12H12FN5. The lowest BCUT2D eigenvalue weighted by atomic mass is 10.1. The van der Waals surface area contributed by atoms with Gasteiger partial charge >= 0.3 is 0 Å². The molecule has 0 unspecified atom stereocenters. The summed E-state index contributed by atoms with van der Waals surface area (Å²) in [6.07, 6.45) is 3.41. The van der Waals surface area contributed by atoms with Gasteiger partial charge in [0.05, 0.1) is 18.3 Å². The lowest BCUT2D eigenvalue weighted by molar-refractivity contribution is 0.539. The first-order chi connectivity index (χ1) is 8.79. The molecule has 0 saturated heterocycles. The van der Waals surface area contributed by atoms with Gasteiger partial charge in [-0.2, -0.15) is 5.26 Å². The van der Waals surface area contributed by atoms with Crippen molar-refractivity contribution in [1.29, 1.82) is 5.26 Å². The number of nitrogens with zero attached hydrogens (tertiary/aromatic N) is 4. The molecule has 1 aromatic heterocycles. The lowest BCUT2D eigenvalue weighted by Crippen LogP contribution is -2.19. The number of benzene rings is 1. The van der Waals surface area contributed by atoms with Gasteiger partial charge in [0.25, 0.3) is 0 Å². The lowest BCUT2D eigenvalue weighted by Gasteiger charge is -2.05. The molecule has 0 saturated carbocycles. The highest BCUT2D eigenvalue weighted by Crippen LogP contribution is 2.09. The maximum atomic E-state index is 13.1. The second-order valence-electron chi connectivity index (χ2n) is 3.77. The predicted molar refractivity (Wildman–Crippen MR) is 62.8 cm³/mol. The Morgan fingerprint density at radius 2 is 2.33 bits per heavy atom. The summed E-state index contributed by atoms with van der Waals surface area (Å²) in [7, 11) is 0. The van der Waals surface area contributed by atoms with Crippen molar-refractivity contribution in [3.05, 3.63) is 47.5 Å². The number of hydrogen-bond donors (Lipinski definition) is 1. The number of aromatic nitrogens is 3. The minimum Gasteiger partial charge on any atom is -0.311 e. The molecule has 1 aromatic carbocycles. The third-order valence-electron chi connectivity index (χ3n) is 2.47. The first kappa shape index (κ1) is 12.2. The van der Waals surface area contributed by atoms with Crippen molar-refractivity contribution >= 4 is 0 Å². The van der Waals surface area contributed by atoms with Gasteiger partial charge in [0.15, 0.2) is 0 Å². The fourth-order valence-electron chi connectivity index (χ4n) is 1.55. The summed E-state index contributed by atoms with van der Waals surface area (Å²) in [6.45, 7) is 2.03. The van der Waals surface area contributed by atoms with E-state index in [1.165, 1.54) is 6.07 Å². The van der Waals surface area contributed by atoms with Crippen LogP contribution in [0.2, 0.25) is 0 Å². The highest BCUT2D eigenvalue weighted by molar-refractivity contribution is 5.34. The zero-order valence-electron chi connectivity index (χ0n) is 9.67. The van der Waals surface area contributed by atoms with Gasteiger partial charge in [0.1, 0.15) is 11.9 Å². The molecule has 0 spiro atoms. The Balaban J connectivity index is 1.82. The Hall–Kier alpha value is -2.26. The molecule has 1 N–H and O–H groups in total. The Labute approximate surface area is 104 Å². The van der Waals surface area contributed by atoms with Gasteiger partial charge in [0, 0.05) is 19.3 Å². The third kappa shape index (κ3) is 3.12. The fourth-order valence-corrected chi connectivity index (χ4v) is 1.55. The average Bonchev–Trinajstić information content (AvgIpc) is 2.89. The quantitative estimate of drug-likeness (QED) is 0.800. The maximum absolute atomic E-state index is 13.1. The molecule has 6 heteroatoms. The summed E-state index contributed by atoms with van der Waals surface area (Å²) in [6, 6.07) is 6.35. The predicted octanol–water partition coefficient (Wildman–Crippen LogP) is 1.08. The van der Waals surface area contributed by atoms with Gasteiger partial charge < -0.3 is 5.32 Å². The highest BCUT2D eigenvalue weighted by atomic mass is 19.1. The molecule has 2 rings (SSSR count). The summed E-state index contributed by atoms with van der Waals surface area (Å²) in [5.74, 6) is -0.483. The minimum absolute atomic E-state index is 0.0746. The average molecular weight is 245 g/mol. The van der Waals surface area contributed by atoms with E-state index >= 15 is 0 Å². The standard InChI is InChI=1S/C12H12FN5/c13-12-2-1-10(7-11(12)8-14)9-15-3-5-18-6-4-16-17-18/h1-2,4,6-7,15H,3,5,9H2. The molecule has 5 nitrogen and oxygen atoms in total. The largest absolute Gasteiger partial charge is 0.311 e. The van der Waals surface area contributed by atoms with Crippen LogP contribution in [0.5, 0.6) is 0 Å². The van der Waals surface area contributed by atoms with Gasteiger partial charge in [-0.3, -0.25) is 4.68 Å². The van der Waals surface area contributed by atoms with Crippen LogP contribution in [0.25, 0.3) is 0 Å². The van der Waals surface area contributed by atoms with Crippen molar-refractivity contribution in [2.45, 2.75) is 13.1 Å². The summed E-state index contributed by atoms with van der Waals surface area (Å²) < 4.78 is 14.8. The molecule has 0 aliphatic carbocycles. The molecule has 0 bridgehead atoms. The number of hydrogen-bond acceptors (Lipinski definition) is 4. The van der Waals surface area contributed by atoms with Crippen LogP contribution in [0.4, 0.5) is 4.39 Å².